The Bertz CT molecular complexity index is 1150. The molecular formula is C46H78NO7P. The van der Waals surface area contributed by atoms with E-state index < -0.39 is 13.9 Å². The molecule has 314 valence electrons. The molecule has 0 aliphatic carbocycles. The zero-order chi connectivity index (χ0) is 40.2. The van der Waals surface area contributed by atoms with Crippen LogP contribution >= 0.6 is 7.82 Å². The number of hydrogen-bond donors (Lipinski definition) is 2. The van der Waals surface area contributed by atoms with Crippen molar-refractivity contribution in [3.05, 3.63) is 97.2 Å². The summed E-state index contributed by atoms with van der Waals surface area (Å²) in [7, 11) is -4.30. The van der Waals surface area contributed by atoms with Crippen LogP contribution in [0.1, 0.15) is 149 Å². The Hall–Kier alpha value is -2.58. The minimum absolute atomic E-state index is 0.0641. The molecule has 3 N–H and O–H groups in total. The summed E-state index contributed by atoms with van der Waals surface area (Å²) >= 11 is 0. The molecule has 2 atom stereocenters. The molecule has 0 aliphatic rings. The molecule has 0 aromatic heterocycles. The SMILES string of the molecule is CC/C=C\C/C=C\C/C=C\C/C=C\C/C=C\C/C=C\CCCOCC(COP(=O)(O)OCCN)OC(=O)CCCCCCC/C=C\C/C=C\CCCCCC. The molecule has 0 fully saturated rings. The van der Waals surface area contributed by atoms with E-state index in [1.54, 1.807) is 0 Å². The highest BCUT2D eigenvalue weighted by Crippen LogP contribution is 2.43. The van der Waals surface area contributed by atoms with E-state index in [-0.39, 0.29) is 38.8 Å². The molecule has 0 saturated heterocycles. The van der Waals surface area contributed by atoms with Crippen LogP contribution in [0.3, 0.4) is 0 Å². The average molecular weight is 788 g/mol. The van der Waals surface area contributed by atoms with Gasteiger partial charge in [-0.15, -0.1) is 0 Å². The maximum Gasteiger partial charge on any atom is 0.472 e. The smallest absolute Gasteiger partial charge is 0.457 e. The molecule has 0 saturated carbocycles. The van der Waals surface area contributed by atoms with Gasteiger partial charge in [0, 0.05) is 19.6 Å². The number of phosphoric ester groups is 1. The molecule has 9 heteroatoms. The van der Waals surface area contributed by atoms with Crippen molar-refractivity contribution in [3.63, 3.8) is 0 Å². The van der Waals surface area contributed by atoms with Crippen LogP contribution in [-0.2, 0) is 27.9 Å². The summed E-state index contributed by atoms with van der Waals surface area (Å²) in [5.74, 6) is -0.368. The molecule has 0 heterocycles. The number of nitrogens with two attached hydrogens (primary N) is 1. The maximum absolute atomic E-state index is 12.6. The third-order valence-electron chi connectivity index (χ3n) is 8.24. The zero-order valence-corrected chi connectivity index (χ0v) is 35.5. The summed E-state index contributed by atoms with van der Waals surface area (Å²) < 4.78 is 33.3. The highest BCUT2D eigenvalue weighted by molar-refractivity contribution is 7.47. The average Bonchev–Trinajstić information content (AvgIpc) is 3.17. The van der Waals surface area contributed by atoms with Crippen LogP contribution in [0.15, 0.2) is 97.2 Å². The number of esters is 1. The van der Waals surface area contributed by atoms with Crippen LogP contribution < -0.4 is 5.73 Å². The largest absolute Gasteiger partial charge is 0.472 e. The van der Waals surface area contributed by atoms with E-state index in [1.165, 1.54) is 32.1 Å². The molecule has 0 aliphatic heterocycles. The summed E-state index contributed by atoms with van der Waals surface area (Å²) in [5.41, 5.74) is 5.36. The van der Waals surface area contributed by atoms with E-state index in [0.717, 1.165) is 96.3 Å². The van der Waals surface area contributed by atoms with Gasteiger partial charge in [0.15, 0.2) is 0 Å². The number of allylic oxidation sites excluding steroid dienone is 16. The lowest BCUT2D eigenvalue weighted by Crippen LogP contribution is -2.28. The van der Waals surface area contributed by atoms with Crippen molar-refractivity contribution in [2.45, 2.75) is 155 Å². The van der Waals surface area contributed by atoms with E-state index >= 15 is 0 Å². The number of ether oxygens (including phenoxy) is 2. The summed E-state index contributed by atoms with van der Waals surface area (Å²) in [6.45, 7) is 4.58. The Kier molecular flexibility index (Phi) is 40.6. The summed E-state index contributed by atoms with van der Waals surface area (Å²) in [5, 5.41) is 0. The number of unbranched alkanes of at least 4 members (excludes halogenated alkanes) is 10. The number of phosphoric acid groups is 1. The van der Waals surface area contributed by atoms with Crippen LogP contribution in [0.5, 0.6) is 0 Å². The Labute approximate surface area is 336 Å². The molecular weight excluding hydrogens is 709 g/mol. The van der Waals surface area contributed by atoms with Gasteiger partial charge in [0.2, 0.25) is 0 Å². The van der Waals surface area contributed by atoms with Gasteiger partial charge < -0.3 is 20.1 Å². The standard InChI is InChI=1S/C46H78NO7P/c1-3-5-7-9-11-13-15-17-19-21-22-23-24-26-28-30-32-34-36-38-41-51-43-45(44-53-55(49,50)52-42-40-47)54-46(48)39-37-35-33-31-29-27-25-20-18-16-14-12-10-8-6-4-2/h5,7,11,13-14,16-17,19-20,22-23,25-26,28,32,34,45H,3-4,6,8-10,12,15,18,21,24,27,29-31,33,35-44,47H2,1-2H3,(H,49,50)/b7-5-,13-11-,16-14-,19-17-,23-22-,25-20-,28-26-,34-32-. The molecule has 2 unspecified atom stereocenters. The van der Waals surface area contributed by atoms with E-state index in [0.29, 0.717) is 6.61 Å². The van der Waals surface area contributed by atoms with Crippen molar-refractivity contribution in [2.75, 3.05) is 33.0 Å². The minimum Gasteiger partial charge on any atom is -0.457 e. The fourth-order valence-electron chi connectivity index (χ4n) is 5.16. The van der Waals surface area contributed by atoms with Gasteiger partial charge in [0.1, 0.15) is 6.10 Å². The molecule has 0 spiro atoms. The molecule has 0 radical (unpaired) electrons. The molecule has 8 nitrogen and oxygen atoms in total. The van der Waals surface area contributed by atoms with Gasteiger partial charge in [-0.1, -0.05) is 150 Å². The first-order valence-electron chi connectivity index (χ1n) is 21.2. The molecule has 0 aromatic rings. The van der Waals surface area contributed by atoms with Crippen molar-refractivity contribution in [2.24, 2.45) is 5.73 Å². The van der Waals surface area contributed by atoms with Gasteiger partial charge in [-0.2, -0.15) is 0 Å². The van der Waals surface area contributed by atoms with Crippen molar-refractivity contribution in [3.8, 4) is 0 Å². The predicted molar refractivity (Wildman–Crippen MR) is 233 cm³/mol. The van der Waals surface area contributed by atoms with E-state index in [2.05, 4.69) is 111 Å². The summed E-state index contributed by atoms with van der Waals surface area (Å²) in [6.07, 6.45) is 55.8. The monoisotopic (exact) mass is 788 g/mol. The first kappa shape index (κ1) is 52.4. The lowest BCUT2D eigenvalue weighted by molar-refractivity contribution is -0.154. The number of rotatable bonds is 39. The van der Waals surface area contributed by atoms with Crippen molar-refractivity contribution in [1.29, 1.82) is 0 Å². The first-order valence-corrected chi connectivity index (χ1v) is 22.7. The third kappa shape index (κ3) is 42.4. The van der Waals surface area contributed by atoms with Crippen LogP contribution in [0.4, 0.5) is 0 Å². The zero-order valence-electron chi connectivity index (χ0n) is 34.6. The molecule has 55 heavy (non-hydrogen) atoms. The summed E-state index contributed by atoms with van der Waals surface area (Å²) in [6, 6.07) is 0. The number of carbonyl (C=O) groups is 1. The highest BCUT2D eigenvalue weighted by Gasteiger charge is 2.25. The first-order chi connectivity index (χ1) is 26.9. The van der Waals surface area contributed by atoms with Gasteiger partial charge in [0.05, 0.1) is 19.8 Å². The van der Waals surface area contributed by atoms with Gasteiger partial charge >= 0.3 is 13.8 Å². The van der Waals surface area contributed by atoms with Crippen LogP contribution in [0, 0.1) is 0 Å². The Balaban J connectivity index is 4.21. The second-order valence-corrected chi connectivity index (χ2v) is 14.9. The van der Waals surface area contributed by atoms with E-state index in [1.807, 2.05) is 0 Å². The molecule has 0 rings (SSSR count). The highest BCUT2D eigenvalue weighted by atomic mass is 31.2. The molecule has 0 aromatic carbocycles. The Morgan fingerprint density at radius 2 is 1.02 bits per heavy atom. The van der Waals surface area contributed by atoms with Crippen molar-refractivity contribution >= 4 is 13.8 Å². The topological polar surface area (TPSA) is 117 Å². The predicted octanol–water partition coefficient (Wildman–Crippen LogP) is 12.7. The van der Waals surface area contributed by atoms with Gasteiger partial charge in [-0.05, 0) is 89.9 Å². The molecule has 0 bridgehead atoms. The fraction of sp³-hybridized carbons (Fsp3) is 0.630. The number of carbonyl (C=O) groups excluding carboxylic acids is 1. The second kappa shape index (κ2) is 42.6. The van der Waals surface area contributed by atoms with Crippen LogP contribution in [0.25, 0.3) is 0 Å². The fourth-order valence-corrected chi connectivity index (χ4v) is 5.92. The maximum atomic E-state index is 12.6. The second-order valence-electron chi connectivity index (χ2n) is 13.5. The van der Waals surface area contributed by atoms with E-state index in [9.17, 15) is 14.3 Å². The normalized spacial score (nSPS) is 14.5. The van der Waals surface area contributed by atoms with Gasteiger partial charge in [0.25, 0.3) is 0 Å². The number of hydrogen-bond acceptors (Lipinski definition) is 7. The van der Waals surface area contributed by atoms with Crippen LogP contribution in [0.2, 0.25) is 0 Å². The van der Waals surface area contributed by atoms with Gasteiger partial charge in [-0.25, -0.2) is 4.57 Å². The molecule has 0 amide bonds. The Morgan fingerprint density at radius 1 is 0.564 bits per heavy atom. The quantitative estimate of drug-likeness (QED) is 0.0274. The summed E-state index contributed by atoms with van der Waals surface area (Å²) in [4.78, 5) is 22.5. The van der Waals surface area contributed by atoms with E-state index in [4.69, 9.17) is 24.3 Å². The van der Waals surface area contributed by atoms with Crippen molar-refractivity contribution in [1.82, 2.24) is 0 Å². The van der Waals surface area contributed by atoms with Crippen LogP contribution in [-0.4, -0.2) is 49.9 Å². The lowest BCUT2D eigenvalue weighted by Gasteiger charge is -2.20. The Morgan fingerprint density at radius 3 is 1.53 bits per heavy atom. The third-order valence-corrected chi connectivity index (χ3v) is 9.22. The van der Waals surface area contributed by atoms with Crippen molar-refractivity contribution < 1.29 is 32.8 Å². The minimum atomic E-state index is -4.30. The van der Waals surface area contributed by atoms with Gasteiger partial charge in [-0.3, -0.25) is 13.8 Å². The lowest BCUT2D eigenvalue weighted by atomic mass is 10.1.